The molecule has 1 aliphatic rings. The molecular formula is C12H18N2O3. The molecule has 5 nitrogen and oxygen atoms in total. The lowest BCUT2D eigenvalue weighted by Gasteiger charge is -2.26. The van der Waals surface area contributed by atoms with Gasteiger partial charge in [-0.3, -0.25) is 0 Å². The van der Waals surface area contributed by atoms with Crippen molar-refractivity contribution in [2.75, 3.05) is 25.6 Å². The largest absolute Gasteiger partial charge is 0.476 e. The van der Waals surface area contributed by atoms with E-state index in [1.807, 2.05) is 0 Å². The number of nitrogen functional groups attached to an aromatic ring is 1. The molecule has 2 heterocycles. The zero-order chi connectivity index (χ0) is 12.3. The molecule has 1 aliphatic heterocycles. The molecule has 0 atom stereocenters. The molecule has 5 heteroatoms. The van der Waals surface area contributed by atoms with E-state index in [0.29, 0.717) is 43.2 Å². The van der Waals surface area contributed by atoms with Gasteiger partial charge in [0.1, 0.15) is 6.10 Å². The van der Waals surface area contributed by atoms with Gasteiger partial charge < -0.3 is 19.9 Å². The van der Waals surface area contributed by atoms with Crippen molar-refractivity contribution in [2.24, 2.45) is 5.92 Å². The predicted molar refractivity (Wildman–Crippen MR) is 64.2 cm³/mol. The minimum Gasteiger partial charge on any atom is -0.476 e. The second-order valence-corrected chi connectivity index (χ2v) is 4.53. The van der Waals surface area contributed by atoms with Crippen LogP contribution in [0, 0.1) is 5.92 Å². The number of rotatable bonds is 5. The van der Waals surface area contributed by atoms with Gasteiger partial charge >= 0.3 is 0 Å². The topological polar surface area (TPSA) is 66.6 Å². The van der Waals surface area contributed by atoms with E-state index in [4.69, 9.17) is 19.9 Å². The van der Waals surface area contributed by atoms with Crippen LogP contribution in [0.2, 0.25) is 0 Å². The first kappa shape index (κ1) is 12.0. The summed E-state index contributed by atoms with van der Waals surface area (Å²) in [7, 11) is 0. The molecule has 0 aliphatic carbocycles. The van der Waals surface area contributed by atoms with Gasteiger partial charge in [-0.2, -0.15) is 4.98 Å². The maximum atomic E-state index is 5.79. The summed E-state index contributed by atoms with van der Waals surface area (Å²) in [5, 5.41) is 0. The van der Waals surface area contributed by atoms with Gasteiger partial charge in [0.15, 0.2) is 0 Å². The summed E-state index contributed by atoms with van der Waals surface area (Å²) in [5.41, 5.74) is 6.32. The van der Waals surface area contributed by atoms with Gasteiger partial charge in [-0.05, 0) is 12.0 Å². The SMILES string of the molecule is CC(C)COc1nc(OC2COC2)ccc1N. The molecule has 1 aromatic rings. The number of anilines is 1. The molecule has 2 rings (SSSR count). The summed E-state index contributed by atoms with van der Waals surface area (Å²) in [6.45, 7) is 5.97. The van der Waals surface area contributed by atoms with Gasteiger partial charge in [0.25, 0.3) is 0 Å². The summed E-state index contributed by atoms with van der Waals surface area (Å²) in [6, 6.07) is 3.49. The van der Waals surface area contributed by atoms with E-state index >= 15 is 0 Å². The molecule has 0 amide bonds. The highest BCUT2D eigenvalue weighted by atomic mass is 16.6. The van der Waals surface area contributed by atoms with Gasteiger partial charge in [-0.1, -0.05) is 13.8 Å². The van der Waals surface area contributed by atoms with Crippen LogP contribution in [0.4, 0.5) is 5.69 Å². The number of nitrogens with zero attached hydrogens (tertiary/aromatic N) is 1. The van der Waals surface area contributed by atoms with Crippen molar-refractivity contribution >= 4 is 5.69 Å². The molecule has 0 unspecified atom stereocenters. The quantitative estimate of drug-likeness (QED) is 0.841. The third-order valence-corrected chi connectivity index (χ3v) is 2.31. The van der Waals surface area contributed by atoms with E-state index in [9.17, 15) is 0 Å². The van der Waals surface area contributed by atoms with Gasteiger partial charge in [-0.25, -0.2) is 0 Å². The highest BCUT2D eigenvalue weighted by Crippen LogP contribution is 2.24. The summed E-state index contributed by atoms with van der Waals surface area (Å²) in [6.07, 6.45) is 0.101. The highest BCUT2D eigenvalue weighted by molar-refractivity contribution is 5.49. The van der Waals surface area contributed by atoms with Crippen molar-refractivity contribution in [3.63, 3.8) is 0 Å². The molecule has 0 bridgehead atoms. The minimum absolute atomic E-state index is 0.101. The van der Waals surface area contributed by atoms with Gasteiger partial charge in [0.05, 0.1) is 25.5 Å². The summed E-state index contributed by atoms with van der Waals surface area (Å²) in [4.78, 5) is 4.24. The fourth-order valence-corrected chi connectivity index (χ4v) is 1.31. The molecule has 1 aromatic heterocycles. The zero-order valence-electron chi connectivity index (χ0n) is 10.2. The van der Waals surface area contributed by atoms with Crippen LogP contribution in [0.15, 0.2) is 12.1 Å². The third kappa shape index (κ3) is 3.23. The Morgan fingerprint density at radius 1 is 1.47 bits per heavy atom. The number of ether oxygens (including phenoxy) is 3. The Balaban J connectivity index is 2.00. The van der Waals surface area contributed by atoms with Crippen LogP contribution in [0.3, 0.4) is 0 Å². The van der Waals surface area contributed by atoms with Gasteiger partial charge in [0.2, 0.25) is 11.8 Å². The molecular weight excluding hydrogens is 220 g/mol. The number of hydrogen-bond acceptors (Lipinski definition) is 5. The average Bonchev–Trinajstić information content (AvgIpc) is 2.23. The first-order chi connectivity index (χ1) is 8.15. The van der Waals surface area contributed by atoms with E-state index in [0.717, 1.165) is 0 Å². The Morgan fingerprint density at radius 3 is 2.82 bits per heavy atom. The summed E-state index contributed by atoms with van der Waals surface area (Å²) < 4.78 is 16.1. The van der Waals surface area contributed by atoms with E-state index in [-0.39, 0.29) is 6.10 Å². The number of aromatic nitrogens is 1. The smallest absolute Gasteiger partial charge is 0.240 e. The molecule has 0 saturated carbocycles. The lowest BCUT2D eigenvalue weighted by molar-refractivity contribution is -0.0814. The van der Waals surface area contributed by atoms with Crippen LogP contribution in [0.25, 0.3) is 0 Å². The first-order valence-electron chi connectivity index (χ1n) is 5.79. The van der Waals surface area contributed by atoms with Crippen LogP contribution in [-0.2, 0) is 4.74 Å². The van der Waals surface area contributed by atoms with Crippen molar-refractivity contribution in [2.45, 2.75) is 20.0 Å². The molecule has 2 N–H and O–H groups in total. The number of hydrogen-bond donors (Lipinski definition) is 1. The number of nitrogens with two attached hydrogens (primary N) is 1. The Kier molecular flexibility index (Phi) is 3.68. The Bertz CT molecular complexity index is 378. The first-order valence-corrected chi connectivity index (χ1v) is 5.79. The molecule has 0 aromatic carbocycles. The molecule has 0 radical (unpaired) electrons. The molecule has 17 heavy (non-hydrogen) atoms. The summed E-state index contributed by atoms with van der Waals surface area (Å²) >= 11 is 0. The molecule has 1 fully saturated rings. The third-order valence-electron chi connectivity index (χ3n) is 2.31. The second-order valence-electron chi connectivity index (χ2n) is 4.53. The van der Waals surface area contributed by atoms with Crippen LogP contribution in [0.5, 0.6) is 11.8 Å². The van der Waals surface area contributed by atoms with E-state index in [2.05, 4.69) is 18.8 Å². The van der Waals surface area contributed by atoms with Crippen LogP contribution < -0.4 is 15.2 Å². The fraction of sp³-hybridized carbons (Fsp3) is 0.583. The maximum Gasteiger partial charge on any atom is 0.240 e. The standard InChI is InChI=1S/C12H18N2O3/c1-8(2)5-16-12-10(13)3-4-11(14-12)17-9-6-15-7-9/h3-4,8-9H,5-7,13H2,1-2H3. The lowest BCUT2D eigenvalue weighted by atomic mass is 10.2. The van der Waals surface area contributed by atoms with Crippen LogP contribution in [0.1, 0.15) is 13.8 Å². The fourth-order valence-electron chi connectivity index (χ4n) is 1.31. The Morgan fingerprint density at radius 2 is 2.24 bits per heavy atom. The molecule has 1 saturated heterocycles. The highest BCUT2D eigenvalue weighted by Gasteiger charge is 2.21. The Labute approximate surface area is 101 Å². The zero-order valence-corrected chi connectivity index (χ0v) is 10.2. The Hall–Kier alpha value is -1.49. The van der Waals surface area contributed by atoms with Crippen LogP contribution in [-0.4, -0.2) is 30.9 Å². The maximum absolute atomic E-state index is 5.79. The van der Waals surface area contributed by atoms with Crippen molar-refractivity contribution in [3.05, 3.63) is 12.1 Å². The number of pyridine rings is 1. The van der Waals surface area contributed by atoms with E-state index in [1.165, 1.54) is 0 Å². The molecule has 0 spiro atoms. The minimum atomic E-state index is 0.101. The lowest BCUT2D eigenvalue weighted by Crippen LogP contribution is -2.38. The predicted octanol–water partition coefficient (Wildman–Crippen LogP) is 1.48. The van der Waals surface area contributed by atoms with Crippen molar-refractivity contribution < 1.29 is 14.2 Å². The van der Waals surface area contributed by atoms with Crippen molar-refractivity contribution in [1.82, 2.24) is 4.98 Å². The normalized spacial score (nSPS) is 15.7. The molecule has 94 valence electrons. The van der Waals surface area contributed by atoms with Gasteiger partial charge in [0, 0.05) is 6.07 Å². The van der Waals surface area contributed by atoms with Gasteiger partial charge in [-0.15, -0.1) is 0 Å². The van der Waals surface area contributed by atoms with E-state index in [1.54, 1.807) is 12.1 Å². The second kappa shape index (κ2) is 5.23. The summed E-state index contributed by atoms with van der Waals surface area (Å²) in [5.74, 6) is 1.41. The van der Waals surface area contributed by atoms with Crippen molar-refractivity contribution in [3.8, 4) is 11.8 Å². The average molecular weight is 238 g/mol. The van der Waals surface area contributed by atoms with Crippen molar-refractivity contribution in [1.29, 1.82) is 0 Å². The van der Waals surface area contributed by atoms with E-state index < -0.39 is 0 Å². The monoisotopic (exact) mass is 238 g/mol. The van der Waals surface area contributed by atoms with Crippen LogP contribution >= 0.6 is 0 Å².